The molecule has 2 heteroatoms. The molecule has 1 aromatic carbocycles. The van der Waals surface area contributed by atoms with E-state index in [1.54, 1.807) is 0 Å². The molecule has 1 saturated carbocycles. The SMILES string of the molecule is CC(C)(C)C1CCC(C#N)(C(O)Cc2ccccc2)CC1. The van der Waals surface area contributed by atoms with Crippen LogP contribution in [0.5, 0.6) is 0 Å². The Labute approximate surface area is 128 Å². The van der Waals surface area contributed by atoms with Crippen molar-refractivity contribution in [3.63, 3.8) is 0 Å². The molecule has 0 amide bonds. The fourth-order valence-electron chi connectivity index (χ4n) is 3.55. The molecule has 1 aliphatic rings. The van der Waals surface area contributed by atoms with E-state index >= 15 is 0 Å². The minimum Gasteiger partial charge on any atom is -0.391 e. The van der Waals surface area contributed by atoms with Crippen molar-refractivity contribution in [2.45, 2.75) is 59.0 Å². The average Bonchev–Trinajstić information content (AvgIpc) is 2.47. The highest BCUT2D eigenvalue weighted by Gasteiger charge is 2.43. The third kappa shape index (κ3) is 3.66. The van der Waals surface area contributed by atoms with Crippen molar-refractivity contribution in [3.05, 3.63) is 35.9 Å². The highest BCUT2D eigenvalue weighted by molar-refractivity contribution is 5.18. The van der Waals surface area contributed by atoms with Gasteiger partial charge in [0.1, 0.15) is 0 Å². The summed E-state index contributed by atoms with van der Waals surface area (Å²) in [5, 5.41) is 20.3. The monoisotopic (exact) mass is 285 g/mol. The van der Waals surface area contributed by atoms with Crippen LogP contribution in [0.3, 0.4) is 0 Å². The second-order valence-corrected chi connectivity index (χ2v) is 7.61. The van der Waals surface area contributed by atoms with Gasteiger partial charge in [-0.05, 0) is 49.0 Å². The molecule has 1 aliphatic carbocycles. The first-order chi connectivity index (χ1) is 9.87. The average molecular weight is 285 g/mol. The molecule has 1 aromatic rings. The standard InChI is InChI=1S/C19H27NO/c1-18(2,3)16-9-11-19(14-20,12-10-16)17(21)13-15-7-5-4-6-8-15/h4-8,16-17,21H,9-13H2,1-3H3. The molecule has 0 radical (unpaired) electrons. The van der Waals surface area contributed by atoms with Crippen molar-refractivity contribution in [1.82, 2.24) is 0 Å². The van der Waals surface area contributed by atoms with E-state index in [0.29, 0.717) is 17.8 Å². The Morgan fingerprint density at radius 1 is 1.24 bits per heavy atom. The normalized spacial score (nSPS) is 27.9. The third-order valence-electron chi connectivity index (χ3n) is 5.23. The predicted molar refractivity (Wildman–Crippen MR) is 85.6 cm³/mol. The number of hydrogen-bond acceptors (Lipinski definition) is 2. The maximum absolute atomic E-state index is 10.6. The molecule has 0 spiro atoms. The Hall–Kier alpha value is -1.33. The van der Waals surface area contributed by atoms with Crippen LogP contribution in [0.15, 0.2) is 30.3 Å². The minimum atomic E-state index is -0.564. The summed E-state index contributed by atoms with van der Waals surface area (Å²) in [6.07, 6.45) is 3.74. The number of aliphatic hydroxyl groups excluding tert-OH is 1. The molecule has 0 heterocycles. The van der Waals surface area contributed by atoms with E-state index in [1.807, 2.05) is 30.3 Å². The smallest absolute Gasteiger partial charge is 0.0835 e. The summed E-state index contributed by atoms with van der Waals surface area (Å²) in [5.74, 6) is 0.655. The molecule has 0 aromatic heterocycles. The van der Waals surface area contributed by atoms with Crippen LogP contribution < -0.4 is 0 Å². The summed E-state index contributed by atoms with van der Waals surface area (Å²) in [6, 6.07) is 12.4. The van der Waals surface area contributed by atoms with Crippen molar-refractivity contribution in [2.75, 3.05) is 0 Å². The van der Waals surface area contributed by atoms with Crippen molar-refractivity contribution >= 4 is 0 Å². The van der Waals surface area contributed by atoms with Crippen molar-refractivity contribution in [1.29, 1.82) is 5.26 Å². The summed E-state index contributed by atoms with van der Waals surface area (Å²) in [7, 11) is 0. The van der Waals surface area contributed by atoms with Gasteiger partial charge in [-0.3, -0.25) is 0 Å². The quantitative estimate of drug-likeness (QED) is 0.898. The van der Waals surface area contributed by atoms with Crippen LogP contribution >= 0.6 is 0 Å². The Balaban J connectivity index is 2.05. The summed E-state index contributed by atoms with van der Waals surface area (Å²) in [4.78, 5) is 0. The Bertz CT molecular complexity index is 487. The Kier molecular flexibility index (Phi) is 4.74. The maximum Gasteiger partial charge on any atom is 0.0835 e. The van der Waals surface area contributed by atoms with Crippen LogP contribution in [0.2, 0.25) is 0 Å². The zero-order valence-corrected chi connectivity index (χ0v) is 13.5. The van der Waals surface area contributed by atoms with E-state index in [1.165, 1.54) is 0 Å². The fraction of sp³-hybridized carbons (Fsp3) is 0.632. The maximum atomic E-state index is 10.6. The van der Waals surface area contributed by atoms with Gasteiger partial charge in [-0.1, -0.05) is 51.1 Å². The van der Waals surface area contributed by atoms with Crippen molar-refractivity contribution < 1.29 is 5.11 Å². The molecule has 0 bridgehead atoms. The van der Waals surface area contributed by atoms with Crippen LogP contribution in [0.4, 0.5) is 0 Å². The second-order valence-electron chi connectivity index (χ2n) is 7.61. The lowest BCUT2D eigenvalue weighted by Gasteiger charge is -2.42. The summed E-state index contributed by atoms with van der Waals surface area (Å²) in [6.45, 7) is 6.83. The highest BCUT2D eigenvalue weighted by atomic mass is 16.3. The molecule has 2 nitrogen and oxygen atoms in total. The number of nitrogens with zero attached hydrogens (tertiary/aromatic N) is 1. The van der Waals surface area contributed by atoms with Crippen LogP contribution in [-0.4, -0.2) is 11.2 Å². The van der Waals surface area contributed by atoms with Crippen molar-refractivity contribution in [3.8, 4) is 6.07 Å². The van der Waals surface area contributed by atoms with E-state index in [0.717, 1.165) is 31.2 Å². The molecule has 21 heavy (non-hydrogen) atoms. The summed E-state index contributed by atoms with van der Waals surface area (Å²) >= 11 is 0. The van der Waals surface area contributed by atoms with Gasteiger partial charge in [-0.25, -0.2) is 0 Å². The van der Waals surface area contributed by atoms with E-state index in [-0.39, 0.29) is 0 Å². The number of aliphatic hydroxyl groups is 1. The molecular weight excluding hydrogens is 258 g/mol. The molecule has 2 rings (SSSR count). The van der Waals surface area contributed by atoms with Gasteiger partial charge >= 0.3 is 0 Å². The van der Waals surface area contributed by atoms with E-state index in [2.05, 4.69) is 26.8 Å². The van der Waals surface area contributed by atoms with Gasteiger partial charge in [0.15, 0.2) is 0 Å². The van der Waals surface area contributed by atoms with Gasteiger partial charge in [-0.15, -0.1) is 0 Å². The number of benzene rings is 1. The molecular formula is C19H27NO. The molecule has 114 valence electrons. The van der Waals surface area contributed by atoms with E-state index < -0.39 is 11.5 Å². The molecule has 1 N–H and O–H groups in total. The van der Waals surface area contributed by atoms with Gasteiger partial charge in [0.05, 0.1) is 17.6 Å². The first-order valence-corrected chi connectivity index (χ1v) is 8.01. The molecule has 1 unspecified atom stereocenters. The lowest BCUT2D eigenvalue weighted by atomic mass is 9.62. The minimum absolute atomic E-state index is 0.298. The van der Waals surface area contributed by atoms with E-state index in [4.69, 9.17) is 0 Å². The first-order valence-electron chi connectivity index (χ1n) is 8.01. The fourth-order valence-corrected chi connectivity index (χ4v) is 3.55. The van der Waals surface area contributed by atoms with Crippen LogP contribution in [0.1, 0.15) is 52.0 Å². The van der Waals surface area contributed by atoms with Gasteiger partial charge in [-0.2, -0.15) is 5.26 Å². The van der Waals surface area contributed by atoms with Crippen LogP contribution in [0.25, 0.3) is 0 Å². The first kappa shape index (κ1) is 16.0. The van der Waals surface area contributed by atoms with Crippen molar-refractivity contribution in [2.24, 2.45) is 16.7 Å². The topological polar surface area (TPSA) is 44.0 Å². The summed E-state index contributed by atoms with van der Waals surface area (Å²) < 4.78 is 0. The molecule has 0 aliphatic heterocycles. The van der Waals surface area contributed by atoms with Crippen LogP contribution in [0, 0.1) is 28.1 Å². The van der Waals surface area contributed by atoms with Gasteiger partial charge in [0, 0.05) is 0 Å². The highest BCUT2D eigenvalue weighted by Crippen LogP contribution is 2.47. The number of hydrogen-bond donors (Lipinski definition) is 1. The zero-order chi connectivity index (χ0) is 15.5. The lowest BCUT2D eigenvalue weighted by Crippen LogP contribution is -2.41. The van der Waals surface area contributed by atoms with Gasteiger partial charge < -0.3 is 5.11 Å². The Morgan fingerprint density at radius 2 is 1.81 bits per heavy atom. The van der Waals surface area contributed by atoms with Crippen LogP contribution in [-0.2, 0) is 6.42 Å². The molecule has 1 atom stereocenters. The van der Waals surface area contributed by atoms with Gasteiger partial charge in [0.25, 0.3) is 0 Å². The summed E-state index contributed by atoms with van der Waals surface area (Å²) in [5.41, 5.74) is 0.849. The third-order valence-corrected chi connectivity index (χ3v) is 5.23. The number of rotatable bonds is 3. The molecule has 1 fully saturated rings. The lowest BCUT2D eigenvalue weighted by molar-refractivity contribution is 0.0102. The van der Waals surface area contributed by atoms with E-state index in [9.17, 15) is 10.4 Å². The second kappa shape index (κ2) is 6.20. The molecule has 0 saturated heterocycles. The number of nitriles is 1. The Morgan fingerprint density at radius 3 is 2.29 bits per heavy atom. The zero-order valence-electron chi connectivity index (χ0n) is 13.5. The largest absolute Gasteiger partial charge is 0.391 e. The van der Waals surface area contributed by atoms with Gasteiger partial charge in [0.2, 0.25) is 0 Å². The predicted octanol–water partition coefficient (Wildman–Crippen LogP) is 4.34.